The predicted octanol–water partition coefficient (Wildman–Crippen LogP) is 4.12. The maximum Gasteiger partial charge on any atom is 0.573 e. The molecular weight excluding hydrogens is 585 g/mol. The normalized spacial score (nSPS) is 17.5. The Kier molecular flexibility index (Phi) is 8.53. The summed E-state index contributed by atoms with van der Waals surface area (Å²) in [6, 6.07) is 8.66. The number of nitrogens with one attached hydrogen (secondary N) is 1. The number of halogens is 4. The van der Waals surface area contributed by atoms with E-state index in [1.807, 2.05) is 13.8 Å². The zero-order valence-electron chi connectivity index (χ0n) is 22.5. The molecule has 1 fully saturated rings. The molecule has 2 heterocycles. The third-order valence-electron chi connectivity index (χ3n) is 7.09. The second-order valence-corrected chi connectivity index (χ2v) is 11.9. The van der Waals surface area contributed by atoms with Gasteiger partial charge in [0, 0.05) is 36.8 Å². The van der Waals surface area contributed by atoms with Gasteiger partial charge in [-0.25, -0.2) is 8.42 Å². The molecule has 41 heavy (non-hydrogen) atoms. The minimum atomic E-state index is -4.87. The fraction of sp³-hybridized carbons (Fsp3) is 0.370. The van der Waals surface area contributed by atoms with Crippen LogP contribution in [-0.4, -0.2) is 68.3 Å². The first-order valence-corrected chi connectivity index (χ1v) is 14.6. The fourth-order valence-electron chi connectivity index (χ4n) is 4.83. The van der Waals surface area contributed by atoms with Crippen LogP contribution in [0.4, 0.5) is 18.9 Å². The van der Waals surface area contributed by atoms with Gasteiger partial charge in [0.25, 0.3) is 5.91 Å². The minimum Gasteiger partial charge on any atom is -0.406 e. The second kappa shape index (κ2) is 11.5. The number of sulfonamides is 1. The van der Waals surface area contributed by atoms with Gasteiger partial charge in [-0.15, -0.1) is 24.8 Å². The molecule has 2 aromatic carbocycles. The summed E-state index contributed by atoms with van der Waals surface area (Å²) in [6.45, 7) is 3.67. The van der Waals surface area contributed by atoms with E-state index in [4.69, 9.17) is 11.6 Å². The van der Waals surface area contributed by atoms with Gasteiger partial charge in [-0.2, -0.15) is 4.31 Å². The van der Waals surface area contributed by atoms with E-state index in [0.717, 1.165) is 28.7 Å². The average Bonchev–Trinajstić information content (AvgIpc) is 3.21. The van der Waals surface area contributed by atoms with Crippen LogP contribution in [-0.2, 0) is 19.6 Å². The van der Waals surface area contributed by atoms with Crippen LogP contribution in [0.15, 0.2) is 46.8 Å². The van der Waals surface area contributed by atoms with Crippen molar-refractivity contribution in [3.63, 3.8) is 0 Å². The Morgan fingerprint density at radius 1 is 1.20 bits per heavy atom. The molecule has 2 aliphatic rings. The van der Waals surface area contributed by atoms with Crippen LogP contribution in [0.3, 0.4) is 0 Å². The summed E-state index contributed by atoms with van der Waals surface area (Å²) in [7, 11) is -2.23. The highest BCUT2D eigenvalue weighted by Crippen LogP contribution is 2.33. The van der Waals surface area contributed by atoms with Crippen molar-refractivity contribution in [1.82, 2.24) is 9.62 Å². The monoisotopic (exact) mass is 612 g/mol. The van der Waals surface area contributed by atoms with Crippen molar-refractivity contribution in [3.05, 3.63) is 64.1 Å². The lowest BCUT2D eigenvalue weighted by Gasteiger charge is -2.34. The summed E-state index contributed by atoms with van der Waals surface area (Å²) < 4.78 is 69.3. The van der Waals surface area contributed by atoms with Gasteiger partial charge in [-0.1, -0.05) is 12.1 Å². The standard InChI is InChI=1S/C27H28ClF3N4O5S/c1-17-13-20(34(3)23(36)16-28)14-18(2)22(17)7-12-41(38,39)35-10-8-26(9-11-35)25(37)32-24(33-26)19-5-4-6-21(15-19)40-27(29,30)31/h4-7,12-15H,8-11,16H2,1-3H3,(H,32,33,37)/b12-7+. The van der Waals surface area contributed by atoms with Crippen LogP contribution in [0.5, 0.6) is 5.75 Å². The molecule has 1 N–H and O–H groups in total. The number of piperidine rings is 1. The van der Waals surface area contributed by atoms with Gasteiger partial charge < -0.3 is 15.0 Å². The molecule has 2 amide bonds. The number of aliphatic imine (C=N–C) groups is 1. The van der Waals surface area contributed by atoms with Crippen LogP contribution in [0.25, 0.3) is 6.08 Å². The molecule has 220 valence electrons. The number of benzene rings is 2. The Labute approximate surface area is 240 Å². The Morgan fingerprint density at radius 3 is 2.41 bits per heavy atom. The van der Waals surface area contributed by atoms with E-state index in [9.17, 15) is 31.2 Å². The molecule has 0 aliphatic carbocycles. The third kappa shape index (κ3) is 6.74. The molecule has 2 aliphatic heterocycles. The quantitative estimate of drug-likeness (QED) is 0.474. The van der Waals surface area contributed by atoms with Crippen LogP contribution in [0.2, 0.25) is 0 Å². The molecule has 1 spiro atoms. The van der Waals surface area contributed by atoms with Crippen LogP contribution < -0.4 is 15.0 Å². The first-order chi connectivity index (χ1) is 19.1. The number of nitrogens with zero attached hydrogens (tertiary/aromatic N) is 3. The molecule has 0 bridgehead atoms. The molecule has 0 atom stereocenters. The number of rotatable bonds is 7. The highest BCUT2D eigenvalue weighted by molar-refractivity contribution is 7.92. The lowest BCUT2D eigenvalue weighted by atomic mass is 9.89. The van der Waals surface area contributed by atoms with Crippen molar-refractivity contribution in [2.75, 3.05) is 30.9 Å². The van der Waals surface area contributed by atoms with E-state index in [2.05, 4.69) is 15.0 Å². The van der Waals surface area contributed by atoms with Crippen molar-refractivity contribution in [1.29, 1.82) is 0 Å². The van der Waals surface area contributed by atoms with E-state index in [1.165, 1.54) is 27.4 Å². The fourth-order valence-corrected chi connectivity index (χ4v) is 6.18. The van der Waals surface area contributed by atoms with Crippen LogP contribution in [0.1, 0.15) is 35.1 Å². The molecular formula is C27H28ClF3N4O5S. The molecule has 0 aromatic heterocycles. The van der Waals surface area contributed by atoms with Crippen molar-refractivity contribution in [2.45, 2.75) is 38.6 Å². The van der Waals surface area contributed by atoms with Gasteiger partial charge in [-0.05, 0) is 73.7 Å². The van der Waals surface area contributed by atoms with Crippen molar-refractivity contribution in [2.24, 2.45) is 4.99 Å². The summed E-state index contributed by atoms with van der Waals surface area (Å²) in [5, 5.41) is 3.73. The number of carbonyl (C=O) groups is 2. The van der Waals surface area contributed by atoms with E-state index in [0.29, 0.717) is 11.3 Å². The molecule has 14 heteroatoms. The maximum absolute atomic E-state index is 13.1. The largest absolute Gasteiger partial charge is 0.573 e. The van der Waals surface area contributed by atoms with Crippen LogP contribution in [0, 0.1) is 13.8 Å². The van der Waals surface area contributed by atoms with E-state index < -0.39 is 33.6 Å². The number of anilines is 1. The lowest BCUT2D eigenvalue weighted by Crippen LogP contribution is -2.50. The van der Waals surface area contributed by atoms with E-state index in [1.54, 1.807) is 19.2 Å². The lowest BCUT2D eigenvalue weighted by molar-refractivity contribution is -0.274. The molecule has 9 nitrogen and oxygen atoms in total. The number of aryl methyl sites for hydroxylation is 2. The molecule has 0 unspecified atom stereocenters. The van der Waals surface area contributed by atoms with Gasteiger partial charge in [0.1, 0.15) is 23.0 Å². The molecule has 4 rings (SSSR count). The average molecular weight is 613 g/mol. The summed E-state index contributed by atoms with van der Waals surface area (Å²) in [4.78, 5) is 30.7. The number of ether oxygens (including phenoxy) is 1. The number of amidine groups is 1. The maximum atomic E-state index is 13.1. The van der Waals surface area contributed by atoms with Gasteiger partial charge in [0.15, 0.2) is 0 Å². The van der Waals surface area contributed by atoms with Crippen LogP contribution >= 0.6 is 11.6 Å². The van der Waals surface area contributed by atoms with Gasteiger partial charge in [0.2, 0.25) is 15.9 Å². The number of hydrogen-bond donors (Lipinski definition) is 1. The van der Waals surface area contributed by atoms with Gasteiger partial charge in [-0.3, -0.25) is 14.6 Å². The summed E-state index contributed by atoms with van der Waals surface area (Å²) in [5.41, 5.74) is 1.89. The van der Waals surface area contributed by atoms with Gasteiger partial charge in [0.05, 0.1) is 0 Å². The highest BCUT2D eigenvalue weighted by atomic mass is 35.5. The van der Waals surface area contributed by atoms with Crippen molar-refractivity contribution >= 4 is 51.0 Å². The second-order valence-electron chi connectivity index (χ2n) is 9.85. The molecule has 2 aromatic rings. The van der Waals surface area contributed by atoms with Gasteiger partial charge >= 0.3 is 6.36 Å². The Morgan fingerprint density at radius 2 is 1.83 bits per heavy atom. The van der Waals surface area contributed by atoms with Crippen molar-refractivity contribution in [3.8, 4) is 5.75 Å². The first kappa shape index (κ1) is 30.5. The topological polar surface area (TPSA) is 108 Å². The summed E-state index contributed by atoms with van der Waals surface area (Å²) in [6.07, 6.45) is -3.16. The van der Waals surface area contributed by atoms with E-state index in [-0.39, 0.29) is 49.1 Å². The Hall–Kier alpha value is -3.42. The molecule has 0 radical (unpaired) electrons. The highest BCUT2D eigenvalue weighted by Gasteiger charge is 2.47. The molecule has 0 saturated carbocycles. The van der Waals surface area contributed by atoms with Crippen molar-refractivity contribution < 1.29 is 35.9 Å². The number of amides is 2. The molecule has 1 saturated heterocycles. The summed E-state index contributed by atoms with van der Waals surface area (Å²) >= 11 is 5.65. The SMILES string of the molecule is Cc1cc(N(C)C(=O)CCl)cc(C)c1/C=C/S(=O)(=O)N1CCC2(CC1)N=C(c1cccc(OC(F)(F)F)c1)NC2=O. The smallest absolute Gasteiger partial charge is 0.406 e. The zero-order valence-corrected chi connectivity index (χ0v) is 24.0. The number of hydrogen-bond acceptors (Lipinski definition) is 6. The zero-order chi connectivity index (χ0) is 30.2. The minimum absolute atomic E-state index is 0.0241. The number of alkyl halides is 4. The first-order valence-electron chi connectivity index (χ1n) is 12.5. The predicted molar refractivity (Wildman–Crippen MR) is 149 cm³/mol. The number of carbonyl (C=O) groups excluding carboxylic acids is 2. The third-order valence-corrected chi connectivity index (χ3v) is 8.89. The summed E-state index contributed by atoms with van der Waals surface area (Å²) in [5.74, 6) is -1.21. The van der Waals surface area contributed by atoms with E-state index >= 15 is 0 Å². The Bertz CT molecular complexity index is 1510. The Balaban J connectivity index is 1.47.